The molecule has 0 N–H and O–H groups in total. The van der Waals surface area contributed by atoms with Crippen LogP contribution in [0, 0.1) is 5.92 Å². The number of piperidine rings is 1. The van der Waals surface area contributed by atoms with E-state index < -0.39 is 10.0 Å². The lowest BCUT2D eigenvalue weighted by Gasteiger charge is -2.33. The van der Waals surface area contributed by atoms with Crippen LogP contribution in [0.1, 0.15) is 26.7 Å². The van der Waals surface area contributed by atoms with Crippen molar-refractivity contribution < 1.29 is 13.2 Å². The van der Waals surface area contributed by atoms with Crippen LogP contribution in [0.5, 0.6) is 0 Å². The van der Waals surface area contributed by atoms with Crippen molar-refractivity contribution in [3.8, 4) is 0 Å². The molecule has 1 saturated heterocycles. The highest BCUT2D eigenvalue weighted by Gasteiger charge is 2.35. The van der Waals surface area contributed by atoms with Crippen molar-refractivity contribution >= 4 is 65.8 Å². The van der Waals surface area contributed by atoms with Crippen LogP contribution in [0.4, 0.5) is 5.13 Å². The highest BCUT2D eigenvalue weighted by Crippen LogP contribution is 2.33. The first-order valence-electron chi connectivity index (χ1n) is 12.1. The van der Waals surface area contributed by atoms with Gasteiger partial charge in [0.1, 0.15) is 0 Å². The number of benzene rings is 2. The van der Waals surface area contributed by atoms with Crippen LogP contribution < -0.4 is 4.90 Å². The molecule has 1 fully saturated rings. The highest BCUT2D eigenvalue weighted by molar-refractivity contribution is 7.89. The number of anilines is 1. The van der Waals surface area contributed by atoms with E-state index in [4.69, 9.17) is 28.2 Å². The molecule has 0 saturated carbocycles. The summed E-state index contributed by atoms with van der Waals surface area (Å²) in [6.07, 6.45) is 0.925. The molecule has 0 bridgehead atoms. The standard InChI is InChI=1S/C25H30Cl2N4O3S2/c1-3-29(4-2)15-16-31(25-28-22-10-7-20(27)17-23(22)35-25)24(32)18-11-13-30(14-12-18)36(33,34)21-8-5-19(26)6-9-21/h5-10,17-18H,3-4,11-16H2,1-2H3. The fourth-order valence-corrected chi connectivity index (χ4v) is 7.27. The highest BCUT2D eigenvalue weighted by atomic mass is 35.5. The van der Waals surface area contributed by atoms with Gasteiger partial charge in [-0.25, -0.2) is 13.4 Å². The second kappa shape index (κ2) is 11.8. The predicted molar refractivity (Wildman–Crippen MR) is 148 cm³/mol. The lowest BCUT2D eigenvalue weighted by molar-refractivity contribution is -0.123. The number of halogens is 2. The molecule has 1 aromatic heterocycles. The maximum absolute atomic E-state index is 13.8. The maximum Gasteiger partial charge on any atom is 0.243 e. The molecular formula is C25H30Cl2N4O3S2. The van der Waals surface area contributed by atoms with Gasteiger partial charge in [-0.2, -0.15) is 4.31 Å². The second-order valence-corrected chi connectivity index (χ2v) is 12.6. The summed E-state index contributed by atoms with van der Waals surface area (Å²) < 4.78 is 28.5. The smallest absolute Gasteiger partial charge is 0.243 e. The Labute approximate surface area is 226 Å². The molecule has 0 spiro atoms. The van der Waals surface area contributed by atoms with Crippen molar-refractivity contribution in [2.24, 2.45) is 5.92 Å². The lowest BCUT2D eigenvalue weighted by Crippen LogP contribution is -2.46. The van der Waals surface area contributed by atoms with E-state index in [1.54, 1.807) is 23.1 Å². The van der Waals surface area contributed by atoms with E-state index in [0.717, 1.165) is 29.9 Å². The maximum atomic E-state index is 13.8. The van der Waals surface area contributed by atoms with Crippen molar-refractivity contribution in [2.75, 3.05) is 44.2 Å². The van der Waals surface area contributed by atoms with E-state index in [2.05, 4.69) is 18.7 Å². The fraction of sp³-hybridized carbons (Fsp3) is 0.440. The number of hydrogen-bond donors (Lipinski definition) is 0. The van der Waals surface area contributed by atoms with Gasteiger partial charge in [0.2, 0.25) is 15.9 Å². The molecule has 0 radical (unpaired) electrons. The zero-order valence-electron chi connectivity index (χ0n) is 20.4. The van der Waals surface area contributed by atoms with Gasteiger partial charge in [0.15, 0.2) is 5.13 Å². The number of hydrogen-bond acceptors (Lipinski definition) is 6. The molecule has 4 rings (SSSR count). The van der Waals surface area contributed by atoms with Gasteiger partial charge in [-0.3, -0.25) is 9.69 Å². The van der Waals surface area contributed by atoms with Crippen LogP contribution in [-0.4, -0.2) is 67.8 Å². The van der Waals surface area contributed by atoms with E-state index in [1.807, 2.05) is 12.1 Å². The zero-order valence-corrected chi connectivity index (χ0v) is 23.5. The molecular weight excluding hydrogens is 539 g/mol. The Bertz CT molecular complexity index is 1300. The van der Waals surface area contributed by atoms with Gasteiger partial charge >= 0.3 is 0 Å². The molecule has 0 aliphatic carbocycles. The van der Waals surface area contributed by atoms with E-state index in [0.29, 0.717) is 47.7 Å². The fourth-order valence-electron chi connectivity index (χ4n) is 4.40. The van der Waals surface area contributed by atoms with Crippen molar-refractivity contribution in [3.05, 3.63) is 52.5 Å². The van der Waals surface area contributed by atoms with Gasteiger partial charge < -0.3 is 4.90 Å². The predicted octanol–water partition coefficient (Wildman–Crippen LogP) is 5.38. The van der Waals surface area contributed by atoms with Crippen LogP contribution in [0.15, 0.2) is 47.4 Å². The SMILES string of the molecule is CCN(CC)CCN(C(=O)C1CCN(S(=O)(=O)c2ccc(Cl)cc2)CC1)c1nc2ccc(Cl)cc2s1. The molecule has 1 aliphatic heterocycles. The van der Waals surface area contributed by atoms with Gasteiger partial charge in [-0.05, 0) is 68.4 Å². The van der Waals surface area contributed by atoms with E-state index in [1.165, 1.54) is 27.8 Å². The van der Waals surface area contributed by atoms with Gasteiger partial charge in [0, 0.05) is 42.1 Å². The first-order valence-corrected chi connectivity index (χ1v) is 15.1. The minimum atomic E-state index is -3.63. The summed E-state index contributed by atoms with van der Waals surface area (Å²) in [7, 11) is -3.63. The average molecular weight is 570 g/mol. The number of fused-ring (bicyclic) bond motifs is 1. The number of aromatic nitrogens is 1. The van der Waals surface area contributed by atoms with Crippen LogP contribution in [-0.2, 0) is 14.8 Å². The molecule has 2 heterocycles. The molecule has 194 valence electrons. The minimum Gasteiger partial charge on any atom is -0.302 e. The molecule has 36 heavy (non-hydrogen) atoms. The Balaban J connectivity index is 1.51. The number of amides is 1. The monoisotopic (exact) mass is 568 g/mol. The summed E-state index contributed by atoms with van der Waals surface area (Å²) in [5.41, 5.74) is 0.809. The summed E-state index contributed by atoms with van der Waals surface area (Å²) in [6.45, 7) is 7.85. The molecule has 11 heteroatoms. The number of carbonyl (C=O) groups excluding carboxylic acids is 1. The van der Waals surface area contributed by atoms with Gasteiger partial charge in [0.25, 0.3) is 0 Å². The third-order valence-electron chi connectivity index (χ3n) is 6.62. The molecule has 0 unspecified atom stereocenters. The van der Waals surface area contributed by atoms with Crippen molar-refractivity contribution in [1.82, 2.24) is 14.2 Å². The molecule has 1 aliphatic rings. The summed E-state index contributed by atoms with van der Waals surface area (Å²) in [4.78, 5) is 22.8. The Morgan fingerprint density at radius 2 is 1.67 bits per heavy atom. The van der Waals surface area contributed by atoms with Crippen molar-refractivity contribution in [3.63, 3.8) is 0 Å². The van der Waals surface area contributed by atoms with Crippen LogP contribution >= 0.6 is 34.5 Å². The van der Waals surface area contributed by atoms with Gasteiger partial charge in [0.05, 0.1) is 15.1 Å². The Hall–Kier alpha value is -1.75. The van der Waals surface area contributed by atoms with E-state index in [9.17, 15) is 13.2 Å². The Morgan fingerprint density at radius 1 is 1.03 bits per heavy atom. The summed E-state index contributed by atoms with van der Waals surface area (Å²) >= 11 is 13.5. The normalized spacial score (nSPS) is 15.6. The number of thiazole rings is 1. The summed E-state index contributed by atoms with van der Waals surface area (Å²) in [5.74, 6) is -0.273. The largest absolute Gasteiger partial charge is 0.302 e. The van der Waals surface area contributed by atoms with E-state index in [-0.39, 0.29) is 16.7 Å². The average Bonchev–Trinajstić information content (AvgIpc) is 3.29. The number of sulfonamides is 1. The van der Waals surface area contributed by atoms with Crippen molar-refractivity contribution in [2.45, 2.75) is 31.6 Å². The third-order valence-corrected chi connectivity index (χ3v) is 10.1. The lowest BCUT2D eigenvalue weighted by atomic mass is 9.96. The molecule has 0 atom stereocenters. The third kappa shape index (κ3) is 6.03. The number of rotatable bonds is 9. The second-order valence-electron chi connectivity index (χ2n) is 8.76. The Kier molecular flexibility index (Phi) is 8.91. The van der Waals surface area contributed by atoms with Crippen LogP contribution in [0.3, 0.4) is 0 Å². The first-order chi connectivity index (χ1) is 17.2. The zero-order chi connectivity index (χ0) is 25.9. The number of carbonyl (C=O) groups is 1. The summed E-state index contributed by atoms with van der Waals surface area (Å²) in [6, 6.07) is 11.7. The molecule has 2 aromatic carbocycles. The van der Waals surface area contributed by atoms with Gasteiger partial charge in [-0.1, -0.05) is 48.4 Å². The first kappa shape index (κ1) is 27.3. The van der Waals surface area contributed by atoms with Crippen molar-refractivity contribution in [1.29, 1.82) is 0 Å². The molecule has 1 amide bonds. The van der Waals surface area contributed by atoms with Crippen LogP contribution in [0.25, 0.3) is 10.2 Å². The summed E-state index contributed by atoms with van der Waals surface area (Å²) in [5, 5.41) is 1.77. The van der Waals surface area contributed by atoms with Gasteiger partial charge in [-0.15, -0.1) is 0 Å². The molecule has 7 nitrogen and oxygen atoms in total. The Morgan fingerprint density at radius 3 is 2.31 bits per heavy atom. The number of likely N-dealkylation sites (N-methyl/N-ethyl adjacent to an activating group) is 1. The van der Waals surface area contributed by atoms with Crippen LogP contribution in [0.2, 0.25) is 10.0 Å². The number of nitrogens with zero attached hydrogens (tertiary/aromatic N) is 4. The topological polar surface area (TPSA) is 73.8 Å². The van der Waals surface area contributed by atoms with E-state index >= 15 is 0 Å². The molecule has 3 aromatic rings. The quantitative estimate of drug-likeness (QED) is 0.346. The minimum absolute atomic E-state index is 0.00384.